The first-order valence-electron chi connectivity index (χ1n) is 9.86. The van der Waals surface area contributed by atoms with E-state index in [0.29, 0.717) is 0 Å². The van der Waals surface area contributed by atoms with E-state index in [1.54, 1.807) is 0 Å². The molecule has 0 atom stereocenters. The van der Waals surface area contributed by atoms with E-state index >= 15 is 0 Å². The summed E-state index contributed by atoms with van der Waals surface area (Å²) in [6, 6.07) is 18.7. The molecule has 0 saturated carbocycles. The Balaban J connectivity index is 0.000000621. The number of allylic oxidation sites excluding steroid dienone is 5. The van der Waals surface area contributed by atoms with Crippen LogP contribution in [0.25, 0.3) is 5.57 Å². The Bertz CT molecular complexity index is 705. The van der Waals surface area contributed by atoms with Crippen molar-refractivity contribution >= 4 is 5.57 Å². The van der Waals surface area contributed by atoms with Gasteiger partial charge in [-0.1, -0.05) is 125 Å². The molecule has 0 unspecified atom stereocenters. The van der Waals surface area contributed by atoms with E-state index in [0.717, 1.165) is 5.57 Å². The third-order valence-electron chi connectivity index (χ3n) is 4.00. The zero-order valence-corrected chi connectivity index (χ0v) is 18.6. The zero-order valence-electron chi connectivity index (χ0n) is 18.6. The van der Waals surface area contributed by atoms with Gasteiger partial charge in [-0.3, -0.25) is 0 Å². The highest BCUT2D eigenvalue weighted by Gasteiger charge is 2.13. The van der Waals surface area contributed by atoms with E-state index in [1.807, 2.05) is 32.0 Å². The normalized spacial score (nSPS) is 11.2. The van der Waals surface area contributed by atoms with Gasteiger partial charge in [0.1, 0.15) is 0 Å². The van der Waals surface area contributed by atoms with Gasteiger partial charge in [-0.05, 0) is 42.9 Å². The molecule has 0 nitrogen and oxygen atoms in total. The lowest BCUT2D eigenvalue weighted by Crippen LogP contribution is -2.06. The van der Waals surface area contributed by atoms with Crippen molar-refractivity contribution in [2.45, 2.75) is 55.4 Å². The molecule has 0 radical (unpaired) electrons. The number of hydrogen-bond donors (Lipinski definition) is 0. The molecule has 27 heavy (non-hydrogen) atoms. The van der Waals surface area contributed by atoms with E-state index in [9.17, 15) is 0 Å². The molecular weight excluding hydrogens is 324 g/mol. The summed E-state index contributed by atoms with van der Waals surface area (Å²) >= 11 is 0. The predicted molar refractivity (Wildman–Crippen MR) is 125 cm³/mol. The van der Waals surface area contributed by atoms with Gasteiger partial charge in [0.2, 0.25) is 0 Å². The molecule has 2 aromatic carbocycles. The van der Waals surface area contributed by atoms with Crippen LogP contribution in [0.1, 0.15) is 58.2 Å². The molecule has 146 valence electrons. The van der Waals surface area contributed by atoms with Gasteiger partial charge in [-0.25, -0.2) is 0 Å². The van der Waals surface area contributed by atoms with Gasteiger partial charge in [0.15, 0.2) is 0 Å². The van der Waals surface area contributed by atoms with Crippen molar-refractivity contribution in [2.24, 2.45) is 5.41 Å². The van der Waals surface area contributed by atoms with Crippen LogP contribution in [-0.4, -0.2) is 0 Å². The molecule has 0 spiro atoms. The molecular formula is C27H38. The van der Waals surface area contributed by atoms with Crippen molar-refractivity contribution in [3.63, 3.8) is 0 Å². The lowest BCUT2D eigenvalue weighted by molar-refractivity contribution is 0.516. The molecule has 0 heteroatoms. The maximum absolute atomic E-state index is 4.13. The van der Waals surface area contributed by atoms with E-state index < -0.39 is 0 Å². The standard InChI is InChI=1S/C18H24.C7H8.C2H6/c1-7-17(18(4,5)6)13-10-15(3)16-11-8-14(2)9-12-16;1-7-5-3-2-4-6-7;1-2/h7-13H,3H2,1-2,4-6H3;2-6H,1H3;1-2H3/b13-10-,17-7+;;. The number of aryl methyl sites for hydroxylation is 2. The van der Waals surface area contributed by atoms with Crippen LogP contribution in [0.4, 0.5) is 0 Å². The van der Waals surface area contributed by atoms with Gasteiger partial charge >= 0.3 is 0 Å². The van der Waals surface area contributed by atoms with E-state index in [1.165, 1.54) is 22.3 Å². The molecule has 0 aliphatic heterocycles. The molecule has 2 aromatic rings. The average molecular weight is 363 g/mol. The molecule has 0 fully saturated rings. The second kappa shape index (κ2) is 12.9. The van der Waals surface area contributed by atoms with Crippen molar-refractivity contribution in [1.29, 1.82) is 0 Å². The average Bonchev–Trinajstić information content (AvgIpc) is 2.64. The topological polar surface area (TPSA) is 0 Å². The van der Waals surface area contributed by atoms with Crippen LogP contribution < -0.4 is 0 Å². The summed E-state index contributed by atoms with van der Waals surface area (Å²) in [5, 5.41) is 0. The Hall–Kier alpha value is -2.34. The van der Waals surface area contributed by atoms with Gasteiger partial charge in [-0.2, -0.15) is 0 Å². The summed E-state index contributed by atoms with van der Waals surface area (Å²) in [5.74, 6) is 0. The Morgan fingerprint density at radius 2 is 1.26 bits per heavy atom. The quantitative estimate of drug-likeness (QED) is 0.479. The highest BCUT2D eigenvalue weighted by molar-refractivity contribution is 5.72. The van der Waals surface area contributed by atoms with Crippen LogP contribution >= 0.6 is 0 Å². The summed E-state index contributed by atoms with van der Waals surface area (Å²) in [4.78, 5) is 0. The Morgan fingerprint density at radius 1 is 0.778 bits per heavy atom. The summed E-state index contributed by atoms with van der Waals surface area (Å²) < 4.78 is 0. The van der Waals surface area contributed by atoms with Crippen molar-refractivity contribution in [3.05, 3.63) is 102 Å². The van der Waals surface area contributed by atoms with Crippen LogP contribution in [0.15, 0.2) is 85.0 Å². The van der Waals surface area contributed by atoms with Crippen molar-refractivity contribution < 1.29 is 0 Å². The monoisotopic (exact) mass is 362 g/mol. The van der Waals surface area contributed by atoms with Crippen molar-refractivity contribution in [3.8, 4) is 0 Å². The summed E-state index contributed by atoms with van der Waals surface area (Å²) in [5.41, 5.74) is 6.34. The fourth-order valence-electron chi connectivity index (χ4n) is 2.37. The fraction of sp³-hybridized carbons (Fsp3) is 0.333. The summed E-state index contributed by atoms with van der Waals surface area (Å²) in [7, 11) is 0. The molecule has 0 aromatic heterocycles. The molecule has 2 rings (SSSR count). The van der Waals surface area contributed by atoms with Gasteiger partial charge in [-0.15, -0.1) is 0 Å². The first kappa shape index (κ1) is 24.7. The van der Waals surface area contributed by atoms with Gasteiger partial charge in [0, 0.05) is 0 Å². The zero-order chi connectivity index (χ0) is 20.9. The maximum Gasteiger partial charge on any atom is -0.0135 e. The Morgan fingerprint density at radius 3 is 1.63 bits per heavy atom. The minimum absolute atomic E-state index is 0.179. The van der Waals surface area contributed by atoms with E-state index in [-0.39, 0.29) is 5.41 Å². The Kier molecular flexibility index (Phi) is 11.8. The minimum atomic E-state index is 0.179. The predicted octanol–water partition coefficient (Wildman–Crippen LogP) is 8.58. The highest BCUT2D eigenvalue weighted by Crippen LogP contribution is 2.27. The smallest absolute Gasteiger partial charge is 0.0135 e. The first-order chi connectivity index (χ1) is 12.7. The van der Waals surface area contributed by atoms with E-state index in [2.05, 4.69) is 103 Å². The lowest BCUT2D eigenvalue weighted by atomic mass is 9.85. The van der Waals surface area contributed by atoms with Crippen LogP contribution in [0.5, 0.6) is 0 Å². The third kappa shape index (κ3) is 10.4. The van der Waals surface area contributed by atoms with Crippen LogP contribution in [-0.2, 0) is 0 Å². The molecule has 0 aliphatic rings. The maximum atomic E-state index is 4.13. The fourth-order valence-corrected chi connectivity index (χ4v) is 2.37. The second-order valence-electron chi connectivity index (χ2n) is 7.37. The molecule has 0 aliphatic carbocycles. The van der Waals surface area contributed by atoms with Crippen molar-refractivity contribution in [2.75, 3.05) is 0 Å². The Labute approximate surface area is 168 Å². The highest BCUT2D eigenvalue weighted by atomic mass is 14.2. The van der Waals surface area contributed by atoms with Crippen molar-refractivity contribution in [1.82, 2.24) is 0 Å². The third-order valence-corrected chi connectivity index (χ3v) is 4.00. The van der Waals surface area contributed by atoms with E-state index in [4.69, 9.17) is 0 Å². The molecule has 0 amide bonds. The summed E-state index contributed by atoms with van der Waals surface area (Å²) in [6.07, 6.45) is 6.44. The summed E-state index contributed by atoms with van der Waals surface area (Å²) in [6.45, 7) is 21.1. The van der Waals surface area contributed by atoms with Crippen LogP contribution in [0.3, 0.4) is 0 Å². The minimum Gasteiger partial charge on any atom is -0.0912 e. The molecule has 0 heterocycles. The lowest BCUT2D eigenvalue weighted by Gasteiger charge is -2.20. The number of rotatable bonds is 3. The van der Waals surface area contributed by atoms with Gasteiger partial charge in [0.05, 0.1) is 0 Å². The molecule has 0 saturated heterocycles. The van der Waals surface area contributed by atoms with Crippen LogP contribution in [0.2, 0.25) is 0 Å². The first-order valence-corrected chi connectivity index (χ1v) is 9.86. The SMILES string of the molecule is C=C(/C=C\C(=C/C)C(C)(C)C)c1ccc(C)cc1.CC.Cc1ccccc1. The molecule has 0 bridgehead atoms. The largest absolute Gasteiger partial charge is 0.0912 e. The van der Waals surface area contributed by atoms with Gasteiger partial charge in [0.25, 0.3) is 0 Å². The number of benzene rings is 2. The number of hydrogen-bond acceptors (Lipinski definition) is 0. The van der Waals surface area contributed by atoms with Gasteiger partial charge < -0.3 is 0 Å². The van der Waals surface area contributed by atoms with Crippen LogP contribution in [0, 0.1) is 19.3 Å². The second-order valence-corrected chi connectivity index (χ2v) is 7.37. The molecule has 0 N–H and O–H groups in total.